The Morgan fingerprint density at radius 1 is 1.30 bits per heavy atom. The molecule has 4 atom stereocenters. The quantitative estimate of drug-likeness (QED) is 0.512. The number of hydrogen-bond donors (Lipinski definition) is 4. The number of aliphatic hydroxyl groups excluding tert-OH is 2. The number of amides is 1. The second kappa shape index (κ2) is 11.3. The molecule has 2 unspecified atom stereocenters. The van der Waals surface area contributed by atoms with Crippen molar-refractivity contribution in [2.24, 2.45) is 17.6 Å². The van der Waals surface area contributed by atoms with Crippen molar-refractivity contribution in [3.05, 3.63) is 0 Å². The van der Waals surface area contributed by atoms with Crippen LogP contribution >= 0.6 is 12.4 Å². The Kier molecular flexibility index (Phi) is 12.4. The van der Waals surface area contributed by atoms with Gasteiger partial charge in [0.2, 0.25) is 5.91 Å². The van der Waals surface area contributed by atoms with E-state index >= 15 is 0 Å². The number of rotatable bonds is 9. The van der Waals surface area contributed by atoms with Gasteiger partial charge in [0.15, 0.2) is 0 Å². The van der Waals surface area contributed by atoms with E-state index in [4.69, 9.17) is 5.73 Å². The third-order valence-electron chi connectivity index (χ3n) is 3.51. The zero-order valence-corrected chi connectivity index (χ0v) is 13.8. The van der Waals surface area contributed by atoms with Crippen molar-refractivity contribution in [3.63, 3.8) is 0 Å². The number of carbonyl (C=O) groups excluding carboxylic acids is 1. The monoisotopic (exact) mass is 310 g/mol. The van der Waals surface area contributed by atoms with Gasteiger partial charge < -0.3 is 21.3 Å². The molecule has 1 amide bonds. The molecule has 0 bridgehead atoms. The largest absolute Gasteiger partial charge is 0.394 e. The van der Waals surface area contributed by atoms with Gasteiger partial charge >= 0.3 is 0 Å². The summed E-state index contributed by atoms with van der Waals surface area (Å²) in [6.45, 7) is 7.94. The van der Waals surface area contributed by atoms with Gasteiger partial charge in [-0.25, -0.2) is 0 Å². The van der Waals surface area contributed by atoms with E-state index in [0.29, 0.717) is 12.3 Å². The van der Waals surface area contributed by atoms with Crippen LogP contribution in [0.1, 0.15) is 47.0 Å². The van der Waals surface area contributed by atoms with Gasteiger partial charge in [-0.1, -0.05) is 34.1 Å². The van der Waals surface area contributed by atoms with Crippen molar-refractivity contribution in [1.29, 1.82) is 0 Å². The molecule has 0 rings (SSSR count). The van der Waals surface area contributed by atoms with Crippen molar-refractivity contribution in [1.82, 2.24) is 5.32 Å². The lowest BCUT2D eigenvalue weighted by Crippen LogP contribution is -2.45. The Labute approximate surface area is 128 Å². The van der Waals surface area contributed by atoms with Gasteiger partial charge in [-0.3, -0.25) is 4.79 Å². The highest BCUT2D eigenvalue weighted by molar-refractivity contribution is 5.85. The summed E-state index contributed by atoms with van der Waals surface area (Å²) in [5.41, 5.74) is 5.84. The molecule has 0 saturated heterocycles. The molecule has 0 aliphatic carbocycles. The van der Waals surface area contributed by atoms with E-state index in [1.165, 1.54) is 0 Å². The highest BCUT2D eigenvalue weighted by Crippen LogP contribution is 2.10. The summed E-state index contributed by atoms with van der Waals surface area (Å²) in [7, 11) is 0. The Morgan fingerprint density at radius 3 is 2.25 bits per heavy atom. The van der Waals surface area contributed by atoms with Gasteiger partial charge in [-0.15, -0.1) is 12.4 Å². The second-order valence-electron chi connectivity index (χ2n) is 5.81. The SMILES string of the molecule is CC[C@H](C)[C@@H](CO)NC(=O)CC(O)C(N)CC(C)C.Cl. The highest BCUT2D eigenvalue weighted by Gasteiger charge is 2.22. The van der Waals surface area contributed by atoms with Gasteiger partial charge in [0.25, 0.3) is 0 Å². The summed E-state index contributed by atoms with van der Waals surface area (Å²) < 4.78 is 0. The third-order valence-corrected chi connectivity index (χ3v) is 3.51. The predicted molar refractivity (Wildman–Crippen MR) is 83.8 cm³/mol. The molecule has 0 aliphatic heterocycles. The Hall–Kier alpha value is -0.360. The summed E-state index contributed by atoms with van der Waals surface area (Å²) in [5, 5.41) is 21.9. The third kappa shape index (κ3) is 8.74. The molecule has 0 aromatic heterocycles. The predicted octanol–water partition coefficient (Wildman–Crippen LogP) is 1.06. The summed E-state index contributed by atoms with van der Waals surface area (Å²) in [6, 6.07) is -0.645. The average Bonchev–Trinajstić information content (AvgIpc) is 2.33. The molecule has 0 saturated carbocycles. The molecule has 0 aliphatic rings. The van der Waals surface area contributed by atoms with Crippen LogP contribution in [0.4, 0.5) is 0 Å². The van der Waals surface area contributed by atoms with E-state index in [1.54, 1.807) is 0 Å². The first kappa shape index (κ1) is 21.9. The Balaban J connectivity index is 0. The fraction of sp³-hybridized carbons (Fsp3) is 0.929. The van der Waals surface area contributed by atoms with Gasteiger partial charge in [0.05, 0.1) is 25.2 Å². The fourth-order valence-corrected chi connectivity index (χ4v) is 1.96. The lowest BCUT2D eigenvalue weighted by atomic mass is 9.97. The zero-order valence-electron chi connectivity index (χ0n) is 13.0. The van der Waals surface area contributed by atoms with E-state index in [1.807, 2.05) is 27.7 Å². The summed E-state index contributed by atoms with van der Waals surface area (Å²) in [4.78, 5) is 11.8. The molecule has 0 aromatic rings. The van der Waals surface area contributed by atoms with Crippen molar-refractivity contribution in [3.8, 4) is 0 Å². The van der Waals surface area contributed by atoms with E-state index < -0.39 is 6.10 Å². The first-order valence-corrected chi connectivity index (χ1v) is 7.15. The van der Waals surface area contributed by atoms with Crippen LogP contribution in [0.3, 0.4) is 0 Å². The molecular formula is C14H31ClN2O3. The summed E-state index contributed by atoms with van der Waals surface area (Å²) in [5.74, 6) is 0.333. The molecule has 20 heavy (non-hydrogen) atoms. The Bertz CT molecular complexity index is 265. The van der Waals surface area contributed by atoms with Gasteiger partial charge in [0, 0.05) is 6.04 Å². The zero-order chi connectivity index (χ0) is 15.0. The molecule has 6 heteroatoms. The molecular weight excluding hydrogens is 280 g/mol. The molecule has 0 heterocycles. The lowest BCUT2D eigenvalue weighted by Gasteiger charge is -2.24. The van der Waals surface area contributed by atoms with Crippen molar-refractivity contribution < 1.29 is 15.0 Å². The summed E-state index contributed by atoms with van der Waals surface area (Å²) in [6.07, 6.45) is 0.712. The van der Waals surface area contributed by atoms with Gasteiger partial charge in [-0.05, 0) is 18.3 Å². The van der Waals surface area contributed by atoms with Crippen molar-refractivity contribution in [2.45, 2.75) is 65.1 Å². The molecule has 5 nitrogen and oxygen atoms in total. The minimum Gasteiger partial charge on any atom is -0.394 e. The lowest BCUT2D eigenvalue weighted by molar-refractivity contribution is -0.124. The maximum atomic E-state index is 11.8. The molecule has 122 valence electrons. The number of hydrogen-bond acceptors (Lipinski definition) is 4. The van der Waals surface area contributed by atoms with E-state index in [-0.39, 0.29) is 49.3 Å². The smallest absolute Gasteiger partial charge is 0.222 e. The van der Waals surface area contributed by atoms with Gasteiger partial charge in [-0.2, -0.15) is 0 Å². The second-order valence-corrected chi connectivity index (χ2v) is 5.81. The number of carbonyl (C=O) groups is 1. The molecule has 0 radical (unpaired) electrons. The van der Waals surface area contributed by atoms with E-state index in [9.17, 15) is 15.0 Å². The minimum absolute atomic E-state index is 0. The molecule has 5 N–H and O–H groups in total. The van der Waals surface area contributed by atoms with Crippen LogP contribution < -0.4 is 11.1 Å². The van der Waals surface area contributed by atoms with Crippen LogP contribution in [0.25, 0.3) is 0 Å². The van der Waals surface area contributed by atoms with Crippen LogP contribution in [-0.2, 0) is 4.79 Å². The standard InChI is InChI=1S/C14H30N2O3.ClH/c1-5-10(4)12(8-17)16-14(19)7-13(18)11(15)6-9(2)3;/h9-13,17-18H,5-8,15H2,1-4H3,(H,16,19);1H/t10-,11?,12+,13?;/m0./s1. The van der Waals surface area contributed by atoms with E-state index in [0.717, 1.165) is 6.42 Å². The number of nitrogens with one attached hydrogen (secondary N) is 1. The molecule has 0 aromatic carbocycles. The molecule has 0 fully saturated rings. The maximum Gasteiger partial charge on any atom is 0.222 e. The van der Waals surface area contributed by atoms with Crippen LogP contribution in [0.15, 0.2) is 0 Å². The van der Waals surface area contributed by atoms with Crippen LogP contribution in [0.5, 0.6) is 0 Å². The Morgan fingerprint density at radius 2 is 1.85 bits per heavy atom. The van der Waals surface area contributed by atoms with Crippen LogP contribution in [0.2, 0.25) is 0 Å². The normalized spacial score (nSPS) is 17.0. The van der Waals surface area contributed by atoms with E-state index in [2.05, 4.69) is 5.32 Å². The average molecular weight is 311 g/mol. The topological polar surface area (TPSA) is 95.6 Å². The van der Waals surface area contributed by atoms with Crippen molar-refractivity contribution >= 4 is 18.3 Å². The number of halogens is 1. The first-order valence-electron chi connectivity index (χ1n) is 7.15. The van der Waals surface area contributed by atoms with Crippen LogP contribution in [-0.4, -0.2) is 40.9 Å². The first-order chi connectivity index (χ1) is 8.81. The number of aliphatic hydroxyl groups is 2. The number of nitrogens with two attached hydrogens (primary N) is 1. The summed E-state index contributed by atoms with van der Waals surface area (Å²) >= 11 is 0. The minimum atomic E-state index is -0.835. The maximum absolute atomic E-state index is 11.8. The molecule has 0 spiro atoms. The fourth-order valence-electron chi connectivity index (χ4n) is 1.96. The highest BCUT2D eigenvalue weighted by atomic mass is 35.5. The van der Waals surface area contributed by atoms with Gasteiger partial charge in [0.1, 0.15) is 0 Å². The van der Waals surface area contributed by atoms with Crippen LogP contribution in [0, 0.1) is 11.8 Å². The van der Waals surface area contributed by atoms with Crippen molar-refractivity contribution in [2.75, 3.05) is 6.61 Å².